The molecule has 0 aromatic heterocycles. The number of amides is 1. The van der Waals surface area contributed by atoms with Crippen molar-refractivity contribution in [1.82, 2.24) is 0 Å². The van der Waals surface area contributed by atoms with Crippen molar-refractivity contribution in [3.63, 3.8) is 0 Å². The molecule has 0 saturated heterocycles. The third kappa shape index (κ3) is 4.67. The molecule has 3 N–H and O–H groups in total. The minimum atomic E-state index is -0.156. The molecule has 0 heterocycles. The lowest BCUT2D eigenvalue weighted by atomic mass is 10.1. The summed E-state index contributed by atoms with van der Waals surface area (Å²) in [5.74, 6) is 0.715. The first kappa shape index (κ1) is 18.1. The highest BCUT2D eigenvalue weighted by molar-refractivity contribution is 7.98. The number of nitrogens with one attached hydrogen (secondary N) is 1. The topological polar surface area (TPSA) is 55.1 Å². The summed E-state index contributed by atoms with van der Waals surface area (Å²) in [6, 6.07) is 21.5. The Morgan fingerprint density at radius 3 is 2.27 bits per heavy atom. The van der Waals surface area contributed by atoms with Crippen molar-refractivity contribution in [1.29, 1.82) is 0 Å². The largest absolute Gasteiger partial charge is 0.397 e. The van der Waals surface area contributed by atoms with Crippen LogP contribution in [0.4, 0.5) is 11.4 Å². The normalized spacial score (nSPS) is 10.5. The Morgan fingerprint density at radius 1 is 0.962 bits per heavy atom. The van der Waals surface area contributed by atoms with Gasteiger partial charge in [0.1, 0.15) is 0 Å². The molecule has 3 nitrogen and oxygen atoms in total. The monoisotopic (exact) mass is 362 g/mol. The van der Waals surface area contributed by atoms with E-state index in [9.17, 15) is 4.79 Å². The van der Waals surface area contributed by atoms with Gasteiger partial charge in [-0.25, -0.2) is 0 Å². The minimum Gasteiger partial charge on any atom is -0.397 e. The molecule has 3 aromatic rings. The van der Waals surface area contributed by atoms with E-state index in [1.165, 1.54) is 21.6 Å². The molecule has 3 aromatic carbocycles. The number of carbonyl (C=O) groups is 1. The second-order valence-electron chi connectivity index (χ2n) is 6.35. The van der Waals surface area contributed by atoms with Crippen LogP contribution in [0.5, 0.6) is 0 Å². The number of nitrogens with two attached hydrogens (primary N) is 1. The fraction of sp³-hybridized carbons (Fsp3) is 0.136. The standard InChI is InChI=1S/C22H22N2OS/c1-15-11-16(2)13-19(12-15)26-14-17-7-9-18(10-8-17)22(25)24-21-6-4-3-5-20(21)23/h3-13H,14,23H2,1-2H3,(H,24,25). The highest BCUT2D eigenvalue weighted by Gasteiger charge is 2.08. The summed E-state index contributed by atoms with van der Waals surface area (Å²) in [5, 5.41) is 2.85. The molecule has 1 amide bonds. The van der Waals surface area contributed by atoms with Gasteiger partial charge in [-0.1, -0.05) is 30.3 Å². The van der Waals surface area contributed by atoms with E-state index in [-0.39, 0.29) is 5.91 Å². The molecule has 0 aliphatic heterocycles. The van der Waals surface area contributed by atoms with E-state index in [0.717, 1.165) is 5.75 Å². The number of hydrogen-bond acceptors (Lipinski definition) is 3. The average molecular weight is 362 g/mol. The van der Waals surface area contributed by atoms with Crippen LogP contribution in [0.25, 0.3) is 0 Å². The lowest BCUT2D eigenvalue weighted by Crippen LogP contribution is -2.13. The second kappa shape index (κ2) is 8.11. The van der Waals surface area contributed by atoms with Crippen molar-refractivity contribution in [3.8, 4) is 0 Å². The van der Waals surface area contributed by atoms with Crippen molar-refractivity contribution in [2.45, 2.75) is 24.5 Å². The second-order valence-corrected chi connectivity index (χ2v) is 7.40. The summed E-state index contributed by atoms with van der Waals surface area (Å²) in [6.07, 6.45) is 0. The van der Waals surface area contributed by atoms with Gasteiger partial charge in [0.15, 0.2) is 0 Å². The van der Waals surface area contributed by atoms with Gasteiger partial charge in [0.25, 0.3) is 5.91 Å². The van der Waals surface area contributed by atoms with E-state index in [0.29, 0.717) is 16.9 Å². The van der Waals surface area contributed by atoms with Gasteiger partial charge < -0.3 is 11.1 Å². The number of thioether (sulfide) groups is 1. The molecule has 0 spiro atoms. The first-order valence-corrected chi connectivity index (χ1v) is 9.46. The maximum atomic E-state index is 12.4. The Bertz CT molecular complexity index is 899. The van der Waals surface area contributed by atoms with Gasteiger partial charge >= 0.3 is 0 Å². The van der Waals surface area contributed by atoms with E-state index in [1.807, 2.05) is 36.4 Å². The third-order valence-corrected chi connectivity index (χ3v) is 5.07. The number of anilines is 2. The molecule has 0 atom stereocenters. The van der Waals surface area contributed by atoms with Crippen LogP contribution in [-0.4, -0.2) is 5.91 Å². The highest BCUT2D eigenvalue weighted by Crippen LogP contribution is 2.25. The molecular formula is C22H22N2OS. The third-order valence-electron chi connectivity index (χ3n) is 4.03. The zero-order valence-corrected chi connectivity index (χ0v) is 15.8. The number of carbonyl (C=O) groups excluding carboxylic acids is 1. The van der Waals surface area contributed by atoms with Crippen molar-refractivity contribution in [2.24, 2.45) is 0 Å². The number of nitrogen functional groups attached to an aromatic ring is 1. The van der Waals surface area contributed by atoms with Crippen molar-refractivity contribution in [2.75, 3.05) is 11.1 Å². The van der Waals surface area contributed by atoms with Crippen LogP contribution in [0.3, 0.4) is 0 Å². The zero-order valence-electron chi connectivity index (χ0n) is 15.0. The van der Waals surface area contributed by atoms with Gasteiger partial charge in [0, 0.05) is 16.2 Å². The van der Waals surface area contributed by atoms with Crippen molar-refractivity contribution < 1.29 is 4.79 Å². The fourth-order valence-electron chi connectivity index (χ4n) is 2.74. The fourth-order valence-corrected chi connectivity index (χ4v) is 3.80. The average Bonchev–Trinajstić information content (AvgIpc) is 2.61. The lowest BCUT2D eigenvalue weighted by molar-refractivity contribution is 0.102. The van der Waals surface area contributed by atoms with Crippen LogP contribution in [-0.2, 0) is 5.75 Å². The number of benzene rings is 3. The summed E-state index contributed by atoms with van der Waals surface area (Å²) >= 11 is 1.80. The molecule has 4 heteroatoms. The molecule has 0 radical (unpaired) electrons. The first-order valence-electron chi connectivity index (χ1n) is 8.47. The van der Waals surface area contributed by atoms with Crippen LogP contribution in [0.1, 0.15) is 27.0 Å². The van der Waals surface area contributed by atoms with Gasteiger partial charge in [-0.2, -0.15) is 0 Å². The maximum Gasteiger partial charge on any atom is 0.255 e. The van der Waals surface area contributed by atoms with Crippen LogP contribution in [0.15, 0.2) is 71.6 Å². The van der Waals surface area contributed by atoms with E-state index >= 15 is 0 Å². The zero-order chi connectivity index (χ0) is 18.5. The van der Waals surface area contributed by atoms with Crippen LogP contribution >= 0.6 is 11.8 Å². The van der Waals surface area contributed by atoms with E-state index < -0.39 is 0 Å². The van der Waals surface area contributed by atoms with Gasteiger partial charge in [-0.15, -0.1) is 11.8 Å². The molecular weight excluding hydrogens is 340 g/mol. The Hall–Kier alpha value is -2.72. The van der Waals surface area contributed by atoms with E-state index in [4.69, 9.17) is 5.73 Å². The highest BCUT2D eigenvalue weighted by atomic mass is 32.2. The molecule has 0 aliphatic rings. The summed E-state index contributed by atoms with van der Waals surface area (Å²) in [6.45, 7) is 4.23. The van der Waals surface area contributed by atoms with Crippen LogP contribution < -0.4 is 11.1 Å². The number of rotatable bonds is 5. The molecule has 0 unspecified atom stereocenters. The Labute approximate surface area is 158 Å². The van der Waals surface area contributed by atoms with Crippen LogP contribution in [0, 0.1) is 13.8 Å². The quantitative estimate of drug-likeness (QED) is 0.470. The van der Waals surface area contributed by atoms with Crippen molar-refractivity contribution in [3.05, 3.63) is 89.0 Å². The summed E-state index contributed by atoms with van der Waals surface area (Å²) in [5.41, 5.74) is 11.4. The number of hydrogen-bond donors (Lipinski definition) is 2. The molecule has 3 rings (SSSR count). The van der Waals surface area contributed by atoms with Gasteiger partial charge in [-0.3, -0.25) is 4.79 Å². The summed E-state index contributed by atoms with van der Waals surface area (Å²) < 4.78 is 0. The molecule has 26 heavy (non-hydrogen) atoms. The van der Waals surface area contributed by atoms with Crippen LogP contribution in [0.2, 0.25) is 0 Å². The molecule has 0 saturated carbocycles. The summed E-state index contributed by atoms with van der Waals surface area (Å²) in [7, 11) is 0. The van der Waals surface area contributed by atoms with Gasteiger partial charge in [0.2, 0.25) is 0 Å². The molecule has 0 bridgehead atoms. The predicted molar refractivity (Wildman–Crippen MR) is 111 cm³/mol. The summed E-state index contributed by atoms with van der Waals surface area (Å²) in [4.78, 5) is 13.6. The lowest BCUT2D eigenvalue weighted by Gasteiger charge is -2.09. The van der Waals surface area contributed by atoms with Crippen molar-refractivity contribution >= 4 is 29.0 Å². The molecule has 132 valence electrons. The number of aryl methyl sites for hydroxylation is 2. The predicted octanol–water partition coefficient (Wildman–Crippen LogP) is 5.43. The Balaban J connectivity index is 1.62. The maximum absolute atomic E-state index is 12.4. The molecule has 0 aliphatic carbocycles. The minimum absolute atomic E-state index is 0.156. The number of para-hydroxylation sites is 2. The first-order chi connectivity index (χ1) is 12.5. The SMILES string of the molecule is Cc1cc(C)cc(SCc2ccc(C(=O)Nc3ccccc3N)cc2)c1. The molecule has 0 fully saturated rings. The smallest absolute Gasteiger partial charge is 0.255 e. The Kier molecular flexibility index (Phi) is 5.64. The Morgan fingerprint density at radius 2 is 1.62 bits per heavy atom. The van der Waals surface area contributed by atoms with E-state index in [1.54, 1.807) is 23.9 Å². The van der Waals surface area contributed by atoms with Gasteiger partial charge in [0.05, 0.1) is 11.4 Å². The van der Waals surface area contributed by atoms with Gasteiger partial charge in [-0.05, 0) is 66.9 Å². The van der Waals surface area contributed by atoms with E-state index in [2.05, 4.69) is 37.4 Å².